The molecule has 9 nitrogen and oxygen atoms in total. The molecular formula is C27H32Cl2N4O5S. The van der Waals surface area contributed by atoms with E-state index in [4.69, 9.17) is 23.2 Å². The van der Waals surface area contributed by atoms with Crippen LogP contribution in [0.3, 0.4) is 0 Å². The molecule has 39 heavy (non-hydrogen) atoms. The number of pyridine rings is 1. The number of benzene rings is 1. The third-order valence-electron chi connectivity index (χ3n) is 8.32. The summed E-state index contributed by atoms with van der Waals surface area (Å²) in [6, 6.07) is 7.45. The zero-order valence-electron chi connectivity index (χ0n) is 21.9. The van der Waals surface area contributed by atoms with E-state index in [1.165, 1.54) is 17.2 Å². The molecule has 0 bridgehead atoms. The predicted octanol–water partition coefficient (Wildman–Crippen LogP) is 3.48. The third kappa shape index (κ3) is 5.24. The van der Waals surface area contributed by atoms with E-state index in [1.54, 1.807) is 24.3 Å². The number of carboxylic acids is 1. The second kappa shape index (κ2) is 10.5. The number of sulfone groups is 1. The molecule has 210 valence electrons. The Balaban J connectivity index is 1.35. The Kier molecular flexibility index (Phi) is 7.60. The number of rotatable bonds is 7. The summed E-state index contributed by atoms with van der Waals surface area (Å²) in [4.78, 5) is 35.6. The minimum absolute atomic E-state index is 0.0415. The monoisotopic (exact) mass is 594 g/mol. The van der Waals surface area contributed by atoms with Crippen LogP contribution in [0.5, 0.6) is 0 Å². The SMILES string of the molecule is CC(C)N1CCN(c2ccc(S(=O)(=O)[C@@H]3C[C@@H](C(=O)O)N(C(=O)C4(c5ccc(Cl)nc5)CC4)C3)c(Cl)c2)CC1. The van der Waals surface area contributed by atoms with Gasteiger partial charge in [0.15, 0.2) is 9.84 Å². The van der Waals surface area contributed by atoms with Crippen molar-refractivity contribution < 1.29 is 23.1 Å². The molecule has 2 saturated heterocycles. The van der Waals surface area contributed by atoms with Crippen LogP contribution < -0.4 is 4.90 Å². The van der Waals surface area contributed by atoms with Gasteiger partial charge in [-0.05, 0) is 62.9 Å². The molecule has 12 heteroatoms. The predicted molar refractivity (Wildman–Crippen MR) is 149 cm³/mol. The fourth-order valence-corrected chi connectivity index (χ4v) is 8.11. The van der Waals surface area contributed by atoms with Crippen LogP contribution in [-0.2, 0) is 24.8 Å². The summed E-state index contributed by atoms with van der Waals surface area (Å²) in [5, 5.41) is 9.22. The molecule has 1 aliphatic carbocycles. The lowest BCUT2D eigenvalue weighted by Gasteiger charge is -2.38. The second-order valence-corrected chi connectivity index (χ2v) is 13.9. The Morgan fingerprint density at radius 1 is 1.08 bits per heavy atom. The zero-order valence-corrected chi connectivity index (χ0v) is 24.2. The molecule has 5 rings (SSSR count). The summed E-state index contributed by atoms with van der Waals surface area (Å²) in [5.74, 6) is -1.62. The number of amides is 1. The molecule has 2 atom stereocenters. The van der Waals surface area contributed by atoms with Crippen LogP contribution in [0.4, 0.5) is 5.69 Å². The summed E-state index contributed by atoms with van der Waals surface area (Å²) in [7, 11) is -4.01. The number of aromatic nitrogens is 1. The minimum Gasteiger partial charge on any atom is -0.480 e. The van der Waals surface area contributed by atoms with Gasteiger partial charge in [-0.15, -0.1) is 0 Å². The molecule has 0 spiro atoms. The van der Waals surface area contributed by atoms with Gasteiger partial charge in [-0.1, -0.05) is 29.3 Å². The highest BCUT2D eigenvalue weighted by atomic mass is 35.5. The maximum atomic E-state index is 13.7. The standard InChI is InChI=1S/C27H32Cl2N4O5S/c1-17(2)31-9-11-32(12-10-31)19-4-5-23(21(28)13-19)39(37,38)20-14-22(25(34)35)33(16-20)26(36)27(7-8-27)18-3-6-24(29)30-15-18/h3-6,13,15,17,20,22H,7-12,14,16H2,1-2H3,(H,34,35)/t20-,22+/m1/s1. The van der Waals surface area contributed by atoms with Gasteiger partial charge in [-0.2, -0.15) is 0 Å². The number of carbonyl (C=O) groups is 2. The van der Waals surface area contributed by atoms with Crippen molar-refractivity contribution in [3.05, 3.63) is 52.3 Å². The Hall–Kier alpha value is -2.40. The molecule has 1 aromatic heterocycles. The summed E-state index contributed by atoms with van der Waals surface area (Å²) in [5.41, 5.74) is 0.601. The maximum absolute atomic E-state index is 13.7. The van der Waals surface area contributed by atoms with Crippen LogP contribution in [0.25, 0.3) is 0 Å². The van der Waals surface area contributed by atoms with E-state index in [-0.39, 0.29) is 22.9 Å². The first kappa shape index (κ1) is 28.1. The minimum atomic E-state index is -4.01. The number of piperazine rings is 1. The van der Waals surface area contributed by atoms with E-state index in [2.05, 4.69) is 28.6 Å². The van der Waals surface area contributed by atoms with Crippen molar-refractivity contribution >= 4 is 50.6 Å². The van der Waals surface area contributed by atoms with Crippen LogP contribution >= 0.6 is 23.2 Å². The van der Waals surface area contributed by atoms with Gasteiger partial charge in [-0.25, -0.2) is 18.2 Å². The molecule has 3 aliphatic rings. The first-order valence-corrected chi connectivity index (χ1v) is 15.4. The van der Waals surface area contributed by atoms with Gasteiger partial charge in [0.05, 0.1) is 20.6 Å². The van der Waals surface area contributed by atoms with Gasteiger partial charge in [-0.3, -0.25) is 9.69 Å². The number of anilines is 1. The molecule has 2 aromatic rings. The highest BCUT2D eigenvalue weighted by Gasteiger charge is 2.57. The zero-order chi connectivity index (χ0) is 28.1. The average molecular weight is 596 g/mol. The molecule has 3 heterocycles. The van der Waals surface area contributed by atoms with E-state index in [1.807, 2.05) is 0 Å². The van der Waals surface area contributed by atoms with Crippen molar-refractivity contribution in [3.8, 4) is 0 Å². The number of carbonyl (C=O) groups excluding carboxylic acids is 1. The number of aliphatic carboxylic acids is 1. The van der Waals surface area contributed by atoms with E-state index in [9.17, 15) is 23.1 Å². The molecule has 1 saturated carbocycles. The fourth-order valence-electron chi connectivity index (χ4n) is 5.76. The van der Waals surface area contributed by atoms with Crippen molar-refractivity contribution in [3.63, 3.8) is 0 Å². The molecule has 3 fully saturated rings. The Morgan fingerprint density at radius 3 is 2.31 bits per heavy atom. The normalized spacial score (nSPS) is 23.3. The van der Waals surface area contributed by atoms with Crippen LogP contribution in [0.2, 0.25) is 10.2 Å². The van der Waals surface area contributed by atoms with Gasteiger partial charge in [0, 0.05) is 50.6 Å². The molecule has 1 amide bonds. The largest absolute Gasteiger partial charge is 0.480 e. The van der Waals surface area contributed by atoms with E-state index >= 15 is 0 Å². The molecule has 1 N–H and O–H groups in total. The van der Waals surface area contributed by atoms with Gasteiger partial charge in [0.25, 0.3) is 0 Å². The summed E-state index contributed by atoms with van der Waals surface area (Å²) in [6.45, 7) is 7.56. The van der Waals surface area contributed by atoms with Gasteiger partial charge in [0.2, 0.25) is 5.91 Å². The number of carboxylic acid groups (broad SMARTS) is 1. The van der Waals surface area contributed by atoms with Crippen molar-refractivity contribution in [2.24, 2.45) is 0 Å². The van der Waals surface area contributed by atoms with Gasteiger partial charge >= 0.3 is 5.97 Å². The lowest BCUT2D eigenvalue weighted by molar-refractivity contribution is -0.149. The average Bonchev–Trinajstić information content (AvgIpc) is 3.58. The van der Waals surface area contributed by atoms with Crippen LogP contribution in [0.1, 0.15) is 38.7 Å². The van der Waals surface area contributed by atoms with Crippen LogP contribution in [0, 0.1) is 0 Å². The highest BCUT2D eigenvalue weighted by molar-refractivity contribution is 7.92. The van der Waals surface area contributed by atoms with Crippen LogP contribution in [0.15, 0.2) is 41.4 Å². The van der Waals surface area contributed by atoms with Crippen molar-refractivity contribution in [2.45, 2.75) is 60.8 Å². The fraction of sp³-hybridized carbons (Fsp3) is 0.519. The van der Waals surface area contributed by atoms with Gasteiger partial charge < -0.3 is 14.9 Å². The van der Waals surface area contributed by atoms with Crippen LogP contribution in [-0.4, -0.2) is 90.2 Å². The third-order valence-corrected chi connectivity index (χ3v) is 11.2. The Bertz CT molecular complexity index is 1370. The smallest absolute Gasteiger partial charge is 0.326 e. The quantitative estimate of drug-likeness (QED) is 0.485. The van der Waals surface area contributed by atoms with Crippen molar-refractivity contribution in [1.82, 2.24) is 14.8 Å². The number of halogens is 2. The van der Waals surface area contributed by atoms with E-state index in [0.717, 1.165) is 31.9 Å². The number of hydrogen-bond donors (Lipinski definition) is 1. The topological polar surface area (TPSA) is 111 Å². The second-order valence-electron chi connectivity index (χ2n) is 10.9. The van der Waals surface area contributed by atoms with Crippen molar-refractivity contribution in [2.75, 3.05) is 37.6 Å². The maximum Gasteiger partial charge on any atom is 0.326 e. The van der Waals surface area contributed by atoms with Gasteiger partial charge in [0.1, 0.15) is 11.2 Å². The number of nitrogens with zero attached hydrogens (tertiary/aromatic N) is 4. The van der Waals surface area contributed by atoms with E-state index in [0.29, 0.717) is 29.6 Å². The molecule has 0 radical (unpaired) electrons. The summed E-state index contributed by atoms with van der Waals surface area (Å²) < 4.78 is 27.4. The first-order chi connectivity index (χ1) is 18.4. The molecule has 1 aromatic carbocycles. The number of hydrogen-bond acceptors (Lipinski definition) is 7. The van der Waals surface area contributed by atoms with Crippen molar-refractivity contribution in [1.29, 1.82) is 0 Å². The number of likely N-dealkylation sites (tertiary alicyclic amines) is 1. The first-order valence-electron chi connectivity index (χ1n) is 13.1. The van der Waals surface area contributed by atoms with E-state index < -0.39 is 38.4 Å². The summed E-state index contributed by atoms with van der Waals surface area (Å²) >= 11 is 12.4. The lowest BCUT2D eigenvalue weighted by Crippen LogP contribution is -2.48. The molecule has 0 unspecified atom stereocenters. The molecular weight excluding hydrogens is 563 g/mol. The molecule has 2 aliphatic heterocycles. The Morgan fingerprint density at radius 2 is 1.77 bits per heavy atom. The summed E-state index contributed by atoms with van der Waals surface area (Å²) in [6.07, 6.45) is 2.40. The Labute approximate surface area is 238 Å². The highest BCUT2D eigenvalue weighted by Crippen LogP contribution is 2.50. The lowest BCUT2D eigenvalue weighted by atomic mass is 9.95.